The Morgan fingerprint density at radius 2 is 2.08 bits per heavy atom. The number of phenols is 2. The summed E-state index contributed by atoms with van der Waals surface area (Å²) in [5.74, 6) is 0.896. The van der Waals surface area contributed by atoms with E-state index in [0.29, 0.717) is 11.8 Å². The third-order valence-corrected chi connectivity index (χ3v) is 7.52. The van der Waals surface area contributed by atoms with Gasteiger partial charge in [-0.3, -0.25) is 0 Å². The first-order chi connectivity index (χ1) is 12.3. The van der Waals surface area contributed by atoms with Crippen molar-refractivity contribution in [3.05, 3.63) is 47.0 Å². The van der Waals surface area contributed by atoms with E-state index in [0.717, 1.165) is 29.8 Å². The van der Waals surface area contributed by atoms with E-state index in [9.17, 15) is 10.2 Å². The summed E-state index contributed by atoms with van der Waals surface area (Å²) in [7, 11) is 0. The molecule has 3 atom stereocenters. The normalized spacial score (nSPS) is 27.4. The summed E-state index contributed by atoms with van der Waals surface area (Å²) in [4.78, 5) is 6.19. The molecule has 2 aromatic rings. The third kappa shape index (κ3) is 2.59. The first kappa shape index (κ1) is 17.3. The van der Waals surface area contributed by atoms with Crippen molar-refractivity contribution in [1.82, 2.24) is 4.98 Å². The molecule has 0 saturated heterocycles. The average molecular weight is 368 g/mol. The summed E-state index contributed by atoms with van der Waals surface area (Å²) in [6, 6.07) is 4.93. The number of allylic oxidation sites excluding steroid dienone is 3. The molecule has 0 amide bonds. The summed E-state index contributed by atoms with van der Waals surface area (Å²) >= 11 is 1.70. The fourth-order valence-corrected chi connectivity index (χ4v) is 5.66. The molecule has 0 saturated carbocycles. The van der Waals surface area contributed by atoms with Gasteiger partial charge in [0.25, 0.3) is 0 Å². The molecule has 26 heavy (non-hydrogen) atoms. The maximum Gasteiger partial charge on any atom is 0.158 e. The minimum Gasteiger partial charge on any atom is -0.504 e. The third-order valence-electron chi connectivity index (χ3n) is 6.34. The number of nitrogens with zero attached hydrogens (tertiary/aromatic N) is 1. The fraction of sp³-hybridized carbons (Fsp3) is 0.409. The minimum atomic E-state index is -0.102. The van der Waals surface area contributed by atoms with Gasteiger partial charge >= 0.3 is 0 Å². The second-order valence-electron chi connectivity index (χ2n) is 8.12. The number of benzene rings is 1. The van der Waals surface area contributed by atoms with Gasteiger partial charge in [-0.05, 0) is 67.2 Å². The predicted molar refractivity (Wildman–Crippen MR) is 107 cm³/mol. The van der Waals surface area contributed by atoms with E-state index in [1.165, 1.54) is 27.8 Å². The zero-order chi connectivity index (χ0) is 18.6. The molecule has 4 heteroatoms. The van der Waals surface area contributed by atoms with Crippen molar-refractivity contribution in [2.45, 2.75) is 40.0 Å². The number of hydrogen-bond acceptors (Lipinski definition) is 4. The van der Waals surface area contributed by atoms with Gasteiger partial charge in [0.05, 0.1) is 10.6 Å². The van der Waals surface area contributed by atoms with Gasteiger partial charge in [-0.2, -0.15) is 0 Å². The van der Waals surface area contributed by atoms with Gasteiger partial charge in [-0.25, -0.2) is 4.98 Å². The molecule has 4 rings (SSSR count). The Hall–Kier alpha value is -2.07. The number of rotatable bonds is 2. The Morgan fingerprint density at radius 1 is 1.31 bits per heavy atom. The molecule has 0 bridgehead atoms. The first-order valence-corrected chi connectivity index (χ1v) is 9.99. The second kappa shape index (κ2) is 5.98. The van der Waals surface area contributed by atoms with Crippen molar-refractivity contribution in [1.29, 1.82) is 0 Å². The number of hydrogen-bond donors (Lipinski definition) is 2. The molecular weight excluding hydrogens is 342 g/mol. The fourth-order valence-electron chi connectivity index (χ4n) is 4.39. The first-order valence-electron chi connectivity index (χ1n) is 9.18. The van der Waals surface area contributed by atoms with Crippen molar-refractivity contribution < 1.29 is 10.2 Å². The monoisotopic (exact) mass is 367 g/mol. The lowest BCUT2D eigenvalue weighted by Gasteiger charge is -2.46. The van der Waals surface area contributed by atoms with Crippen molar-refractivity contribution in [3.63, 3.8) is 0 Å². The molecule has 2 N–H and O–H groups in total. The van der Waals surface area contributed by atoms with Gasteiger partial charge in [-0.15, -0.1) is 11.3 Å². The van der Waals surface area contributed by atoms with Gasteiger partial charge < -0.3 is 10.2 Å². The summed E-state index contributed by atoms with van der Waals surface area (Å²) in [6.07, 6.45) is 5.60. The molecule has 0 fully saturated rings. The van der Waals surface area contributed by atoms with Crippen LogP contribution in [-0.4, -0.2) is 15.2 Å². The van der Waals surface area contributed by atoms with Crippen molar-refractivity contribution in [2.24, 2.45) is 17.3 Å². The van der Waals surface area contributed by atoms with E-state index < -0.39 is 0 Å². The quantitative estimate of drug-likeness (QED) is 0.522. The number of aromatic nitrogens is 1. The van der Waals surface area contributed by atoms with Crippen LogP contribution >= 0.6 is 11.3 Å². The van der Waals surface area contributed by atoms with Crippen LogP contribution in [0.2, 0.25) is 0 Å². The van der Waals surface area contributed by atoms with Gasteiger partial charge in [0, 0.05) is 5.56 Å². The van der Waals surface area contributed by atoms with Crippen LogP contribution in [0.3, 0.4) is 0 Å². The van der Waals surface area contributed by atoms with Crippen LogP contribution < -0.4 is 0 Å². The van der Waals surface area contributed by atoms with Crippen molar-refractivity contribution >= 4 is 16.9 Å². The molecule has 3 nitrogen and oxygen atoms in total. The largest absolute Gasteiger partial charge is 0.504 e. The highest BCUT2D eigenvalue weighted by Gasteiger charge is 2.45. The summed E-state index contributed by atoms with van der Waals surface area (Å²) in [5, 5.41) is 20.3. The van der Waals surface area contributed by atoms with E-state index in [1.807, 2.05) is 6.07 Å². The highest BCUT2D eigenvalue weighted by molar-refractivity contribution is 7.16. The van der Waals surface area contributed by atoms with Gasteiger partial charge in [0.2, 0.25) is 0 Å². The summed E-state index contributed by atoms with van der Waals surface area (Å²) in [6.45, 7) is 11.1. The molecule has 0 spiro atoms. The van der Waals surface area contributed by atoms with Gasteiger partial charge in [0.1, 0.15) is 5.01 Å². The molecular formula is C22H25NO2S. The zero-order valence-corrected chi connectivity index (χ0v) is 16.4. The minimum absolute atomic E-state index is 0.0999. The Bertz CT molecular complexity index is 926. The number of phenolic OH excluding ortho intramolecular Hbond substituents is 2. The molecule has 1 heterocycles. The topological polar surface area (TPSA) is 53.4 Å². The lowest BCUT2D eigenvalue weighted by atomic mass is 9.59. The molecule has 2 aliphatic carbocycles. The summed E-state index contributed by atoms with van der Waals surface area (Å²) < 4.78 is 0. The van der Waals surface area contributed by atoms with Crippen molar-refractivity contribution in [2.75, 3.05) is 0 Å². The van der Waals surface area contributed by atoms with E-state index in [2.05, 4.69) is 33.4 Å². The van der Waals surface area contributed by atoms with Crippen LogP contribution in [0.4, 0.5) is 0 Å². The molecule has 0 aliphatic heterocycles. The van der Waals surface area contributed by atoms with Gasteiger partial charge in [-0.1, -0.05) is 32.1 Å². The van der Waals surface area contributed by atoms with Gasteiger partial charge in [0.15, 0.2) is 11.5 Å². The second-order valence-corrected chi connectivity index (χ2v) is 9.12. The molecule has 1 aromatic carbocycles. The van der Waals surface area contributed by atoms with Crippen LogP contribution in [0.5, 0.6) is 11.5 Å². The highest BCUT2D eigenvalue weighted by Crippen LogP contribution is 2.57. The standard InChI is InChI=1S/C22H25NO2S/c1-12(2)15-5-7-16-20-17(9-13(3)22(16,4)11-15)23-21(26-20)14-6-8-18(24)19(25)10-14/h6-8,10,13,15,24-25H,1,5,9,11H2,2-4H3/t13-,15-,22+/m1/s1. The number of thiazole rings is 1. The van der Waals surface area contributed by atoms with Crippen LogP contribution in [0.25, 0.3) is 16.1 Å². The van der Waals surface area contributed by atoms with Crippen LogP contribution in [0.15, 0.2) is 36.4 Å². The smallest absolute Gasteiger partial charge is 0.158 e. The Morgan fingerprint density at radius 3 is 2.77 bits per heavy atom. The Labute approximate surface area is 158 Å². The summed E-state index contributed by atoms with van der Waals surface area (Å²) in [5.41, 5.74) is 4.91. The maximum absolute atomic E-state index is 9.82. The Balaban J connectivity index is 1.79. The SMILES string of the molecule is C=C(C)[C@@H]1CC=C2c3sc(-c4ccc(O)c(O)c4)nc3C[C@@H](C)[C@]2(C)C1. The lowest BCUT2D eigenvalue weighted by Crippen LogP contribution is -2.36. The molecule has 0 radical (unpaired) electrons. The average Bonchev–Trinajstić information content (AvgIpc) is 3.00. The number of fused-ring (bicyclic) bond motifs is 3. The van der Waals surface area contributed by atoms with E-state index in [-0.39, 0.29) is 16.9 Å². The lowest BCUT2D eigenvalue weighted by molar-refractivity contribution is 0.217. The van der Waals surface area contributed by atoms with Crippen LogP contribution in [0.1, 0.15) is 44.2 Å². The van der Waals surface area contributed by atoms with E-state index in [1.54, 1.807) is 17.4 Å². The molecule has 2 aliphatic rings. The molecule has 136 valence electrons. The highest BCUT2D eigenvalue weighted by atomic mass is 32.1. The maximum atomic E-state index is 9.82. The van der Waals surface area contributed by atoms with E-state index in [4.69, 9.17) is 4.98 Å². The van der Waals surface area contributed by atoms with Crippen LogP contribution in [0, 0.1) is 17.3 Å². The predicted octanol–water partition coefficient (Wildman–Crippen LogP) is 5.79. The van der Waals surface area contributed by atoms with Crippen LogP contribution in [-0.2, 0) is 6.42 Å². The number of aromatic hydroxyl groups is 2. The Kier molecular flexibility index (Phi) is 3.99. The zero-order valence-electron chi connectivity index (χ0n) is 15.5. The van der Waals surface area contributed by atoms with E-state index >= 15 is 0 Å². The molecule has 1 aromatic heterocycles. The van der Waals surface area contributed by atoms with Crippen molar-refractivity contribution in [3.8, 4) is 22.1 Å². The molecule has 0 unspecified atom stereocenters.